The maximum absolute atomic E-state index is 10.0. The average molecular weight is 282 g/mol. The lowest BCUT2D eigenvalue weighted by molar-refractivity contribution is -0.0853. The van der Waals surface area contributed by atoms with Crippen LogP contribution in [-0.4, -0.2) is 11.7 Å². The predicted molar refractivity (Wildman–Crippen MR) is 86.7 cm³/mol. The molecule has 0 heterocycles. The molecule has 0 aromatic heterocycles. The number of benzene rings is 1. The minimum Gasteiger partial charge on any atom is -0.396 e. The van der Waals surface area contributed by atoms with E-state index in [2.05, 4.69) is 42.5 Å². The van der Waals surface area contributed by atoms with Gasteiger partial charge in [0.2, 0.25) is 0 Å². The molecule has 1 N–H and O–H groups in total. The maximum atomic E-state index is 10.0. The molecule has 0 unspecified atom stereocenters. The summed E-state index contributed by atoms with van der Waals surface area (Å²) in [6.07, 6.45) is 13.0. The molecule has 4 aliphatic carbocycles. The van der Waals surface area contributed by atoms with Crippen LogP contribution in [0.4, 0.5) is 0 Å². The highest BCUT2D eigenvalue weighted by Crippen LogP contribution is 2.62. The highest BCUT2D eigenvalue weighted by atomic mass is 16.3. The Hall–Kier alpha value is -1.08. The molecule has 0 saturated heterocycles. The molecule has 21 heavy (non-hydrogen) atoms. The summed E-state index contributed by atoms with van der Waals surface area (Å²) in [4.78, 5) is 0. The molecule has 0 radical (unpaired) electrons. The van der Waals surface area contributed by atoms with E-state index >= 15 is 0 Å². The zero-order valence-electron chi connectivity index (χ0n) is 12.7. The fourth-order valence-corrected chi connectivity index (χ4v) is 5.88. The van der Waals surface area contributed by atoms with Crippen molar-refractivity contribution in [1.29, 1.82) is 0 Å². The lowest BCUT2D eigenvalue weighted by Gasteiger charge is -2.59. The minimum absolute atomic E-state index is 0.315. The van der Waals surface area contributed by atoms with E-state index in [1.807, 2.05) is 0 Å². The Labute approximate surface area is 128 Å². The van der Waals surface area contributed by atoms with Crippen molar-refractivity contribution < 1.29 is 5.11 Å². The van der Waals surface area contributed by atoms with Gasteiger partial charge in [-0.15, -0.1) is 0 Å². The van der Waals surface area contributed by atoms with Crippen molar-refractivity contribution in [3.8, 4) is 0 Å². The van der Waals surface area contributed by atoms with Crippen LogP contribution < -0.4 is 0 Å². The fourth-order valence-electron chi connectivity index (χ4n) is 5.88. The van der Waals surface area contributed by atoms with E-state index in [1.165, 1.54) is 44.1 Å². The standard InChI is InChI=1S/C20H26O/c21-14-19(7-6-15-4-2-1-3-5-15)20-11-16-8-17(12-20)10-18(9-16)13-20/h1-7,16-19,21H,8-14H2/t16?,17?,18?,19-,20?/m1/s1. The molecule has 112 valence electrons. The molecule has 4 saturated carbocycles. The molecule has 1 aromatic rings. The Morgan fingerprint density at radius 1 is 1.00 bits per heavy atom. The van der Waals surface area contributed by atoms with Crippen LogP contribution in [0.2, 0.25) is 0 Å². The second-order valence-electron chi connectivity index (χ2n) is 7.84. The Bertz CT molecular complexity index is 481. The summed E-state index contributed by atoms with van der Waals surface area (Å²) in [5, 5.41) is 10.0. The van der Waals surface area contributed by atoms with Gasteiger partial charge in [0.1, 0.15) is 0 Å². The lowest BCUT2D eigenvalue weighted by Crippen LogP contribution is -2.50. The predicted octanol–water partition coefficient (Wildman–Crippen LogP) is 4.52. The van der Waals surface area contributed by atoms with E-state index in [-0.39, 0.29) is 0 Å². The SMILES string of the molecule is OC[C@@H](C=Cc1ccccc1)C12CC3CC(CC(C3)C1)C2. The van der Waals surface area contributed by atoms with Crippen LogP contribution in [0.3, 0.4) is 0 Å². The van der Waals surface area contributed by atoms with E-state index in [9.17, 15) is 5.11 Å². The van der Waals surface area contributed by atoms with Gasteiger partial charge >= 0.3 is 0 Å². The summed E-state index contributed by atoms with van der Waals surface area (Å²) in [5.74, 6) is 3.22. The molecule has 4 fully saturated rings. The normalized spacial score (nSPS) is 39.0. The van der Waals surface area contributed by atoms with Crippen molar-refractivity contribution in [1.82, 2.24) is 0 Å². The molecule has 4 aliphatic rings. The number of hydrogen-bond acceptors (Lipinski definition) is 1. The highest BCUT2D eigenvalue weighted by Gasteiger charge is 2.53. The molecular weight excluding hydrogens is 256 g/mol. The number of hydrogen-bond donors (Lipinski definition) is 1. The molecule has 4 bridgehead atoms. The summed E-state index contributed by atoms with van der Waals surface area (Å²) in [7, 11) is 0. The molecule has 0 spiro atoms. The zero-order chi connectivity index (χ0) is 14.3. The van der Waals surface area contributed by atoms with Crippen molar-refractivity contribution in [2.24, 2.45) is 29.1 Å². The molecule has 1 nitrogen and oxygen atoms in total. The van der Waals surface area contributed by atoms with Gasteiger partial charge in [-0.05, 0) is 67.3 Å². The van der Waals surface area contributed by atoms with E-state index in [0.717, 1.165) is 17.8 Å². The zero-order valence-corrected chi connectivity index (χ0v) is 12.7. The van der Waals surface area contributed by atoms with Crippen LogP contribution >= 0.6 is 0 Å². The van der Waals surface area contributed by atoms with Crippen LogP contribution in [0.5, 0.6) is 0 Å². The second kappa shape index (κ2) is 5.28. The molecule has 1 atom stereocenters. The molecule has 5 rings (SSSR count). The van der Waals surface area contributed by atoms with Crippen LogP contribution in [0.1, 0.15) is 44.1 Å². The van der Waals surface area contributed by atoms with Crippen LogP contribution in [0.25, 0.3) is 6.08 Å². The van der Waals surface area contributed by atoms with Crippen molar-refractivity contribution in [2.75, 3.05) is 6.61 Å². The fraction of sp³-hybridized carbons (Fsp3) is 0.600. The molecule has 1 aromatic carbocycles. The van der Waals surface area contributed by atoms with Crippen LogP contribution in [-0.2, 0) is 0 Å². The average Bonchev–Trinajstić information content (AvgIpc) is 2.47. The van der Waals surface area contributed by atoms with Gasteiger partial charge in [-0.2, -0.15) is 0 Å². The third kappa shape index (κ3) is 2.46. The van der Waals surface area contributed by atoms with E-state index in [1.54, 1.807) is 0 Å². The van der Waals surface area contributed by atoms with Crippen molar-refractivity contribution in [2.45, 2.75) is 38.5 Å². The highest BCUT2D eigenvalue weighted by molar-refractivity contribution is 5.49. The molecule has 1 heteroatoms. The lowest BCUT2D eigenvalue weighted by atomic mass is 9.46. The quantitative estimate of drug-likeness (QED) is 0.860. The minimum atomic E-state index is 0.315. The van der Waals surface area contributed by atoms with Crippen LogP contribution in [0.15, 0.2) is 36.4 Å². The van der Waals surface area contributed by atoms with Gasteiger partial charge in [-0.3, -0.25) is 0 Å². The van der Waals surface area contributed by atoms with E-state index in [4.69, 9.17) is 0 Å². The van der Waals surface area contributed by atoms with E-state index in [0.29, 0.717) is 17.9 Å². The van der Waals surface area contributed by atoms with Crippen molar-refractivity contribution >= 4 is 6.08 Å². The van der Waals surface area contributed by atoms with Crippen LogP contribution in [0, 0.1) is 29.1 Å². The Morgan fingerprint density at radius 3 is 2.10 bits per heavy atom. The number of aliphatic hydroxyl groups excluding tert-OH is 1. The van der Waals surface area contributed by atoms with Gasteiger partial charge in [0, 0.05) is 12.5 Å². The first kappa shape index (κ1) is 13.6. The summed E-state index contributed by atoms with van der Waals surface area (Å²) in [6, 6.07) is 10.5. The van der Waals surface area contributed by atoms with Crippen molar-refractivity contribution in [3.05, 3.63) is 42.0 Å². The summed E-state index contributed by atoms with van der Waals surface area (Å²) < 4.78 is 0. The van der Waals surface area contributed by atoms with Crippen molar-refractivity contribution in [3.63, 3.8) is 0 Å². The molecular formula is C20H26O. The smallest absolute Gasteiger partial charge is 0.0499 e. The van der Waals surface area contributed by atoms with Gasteiger partial charge in [-0.1, -0.05) is 42.5 Å². The molecule has 0 amide bonds. The molecule has 0 aliphatic heterocycles. The second-order valence-corrected chi connectivity index (χ2v) is 7.84. The maximum Gasteiger partial charge on any atom is 0.0499 e. The van der Waals surface area contributed by atoms with Gasteiger partial charge in [0.25, 0.3) is 0 Å². The number of rotatable bonds is 4. The third-order valence-electron chi connectivity index (χ3n) is 6.39. The van der Waals surface area contributed by atoms with Gasteiger partial charge in [-0.25, -0.2) is 0 Å². The first-order chi connectivity index (χ1) is 10.3. The number of aliphatic hydroxyl groups is 1. The summed E-state index contributed by atoms with van der Waals surface area (Å²) in [5.41, 5.74) is 1.66. The Balaban J connectivity index is 1.57. The van der Waals surface area contributed by atoms with Gasteiger partial charge < -0.3 is 5.11 Å². The Morgan fingerprint density at radius 2 is 1.57 bits per heavy atom. The van der Waals surface area contributed by atoms with Gasteiger partial charge in [0.05, 0.1) is 0 Å². The largest absolute Gasteiger partial charge is 0.396 e. The first-order valence-corrected chi connectivity index (χ1v) is 8.61. The van der Waals surface area contributed by atoms with E-state index < -0.39 is 0 Å². The first-order valence-electron chi connectivity index (χ1n) is 8.61. The monoisotopic (exact) mass is 282 g/mol. The Kier molecular flexibility index (Phi) is 3.41. The van der Waals surface area contributed by atoms with Gasteiger partial charge in [0.15, 0.2) is 0 Å². The summed E-state index contributed by atoms with van der Waals surface area (Å²) in [6.45, 7) is 0.315. The summed E-state index contributed by atoms with van der Waals surface area (Å²) >= 11 is 0. The topological polar surface area (TPSA) is 20.2 Å². The third-order valence-corrected chi connectivity index (χ3v) is 6.39.